The molecule has 2 bridgehead atoms. The molecule has 0 radical (unpaired) electrons. The van der Waals surface area contributed by atoms with Crippen LogP contribution in [0.4, 0.5) is 5.69 Å². The molecule has 4 aliphatic rings. The van der Waals surface area contributed by atoms with Gasteiger partial charge in [0.2, 0.25) is 17.7 Å². The summed E-state index contributed by atoms with van der Waals surface area (Å²) in [6, 6.07) is 15.3. The highest BCUT2D eigenvalue weighted by Gasteiger charge is 2.72. The minimum Gasteiger partial charge on any atom is -0.359 e. The number of rotatable bonds is 9. The summed E-state index contributed by atoms with van der Waals surface area (Å²) < 4.78 is 6.57. The standard InChI is InChI=1S/C36H46N4O4/c1-22-18-23(2)20-27(19-22)37-33(41)30-29-14-15-36(44-29)31(30)35(43)40(17-16-39(5)21-26-11-7-6-8-12-26)32(36)34(42)38-28-13-9-10-24(3)25(28)4/h6-8,11-12,14-15,18-20,24-25,28-32H,9-10,13,16-17,21H2,1-5H3,(H,37,41)(H,38,42)/t24-,25+,28-,29+,30-,31+,32+,36+/m1/s1. The Morgan fingerprint density at radius 2 is 1.77 bits per heavy atom. The fourth-order valence-corrected chi connectivity index (χ4v) is 8.08. The first kappa shape index (κ1) is 30.5. The number of nitrogens with zero attached hydrogens (tertiary/aromatic N) is 2. The van der Waals surface area contributed by atoms with Crippen molar-refractivity contribution in [2.24, 2.45) is 23.7 Å². The molecule has 1 aliphatic carbocycles. The van der Waals surface area contributed by atoms with Crippen LogP contribution in [0.2, 0.25) is 0 Å². The van der Waals surface area contributed by atoms with Gasteiger partial charge in [-0.05, 0) is 68.0 Å². The second-order valence-corrected chi connectivity index (χ2v) is 13.7. The van der Waals surface area contributed by atoms with Crippen LogP contribution in [0.3, 0.4) is 0 Å². The third-order valence-electron chi connectivity index (χ3n) is 10.5. The molecular formula is C36H46N4O4. The number of carbonyl (C=O) groups is 3. The Bertz CT molecular complexity index is 1420. The molecule has 2 saturated heterocycles. The van der Waals surface area contributed by atoms with E-state index in [0.29, 0.717) is 30.6 Å². The number of hydrogen-bond donors (Lipinski definition) is 2. The van der Waals surface area contributed by atoms with Crippen molar-refractivity contribution in [3.63, 3.8) is 0 Å². The maximum Gasteiger partial charge on any atom is 0.246 e. The summed E-state index contributed by atoms with van der Waals surface area (Å²) in [5.41, 5.74) is 2.81. The molecule has 1 saturated carbocycles. The maximum atomic E-state index is 14.4. The Morgan fingerprint density at radius 3 is 2.50 bits per heavy atom. The van der Waals surface area contributed by atoms with Crippen LogP contribution in [0, 0.1) is 37.5 Å². The normalized spacial score (nSPS) is 32.3. The number of hydrogen-bond acceptors (Lipinski definition) is 5. The molecule has 2 aromatic rings. The van der Waals surface area contributed by atoms with Crippen molar-refractivity contribution in [2.45, 2.75) is 77.3 Å². The molecule has 2 N–H and O–H groups in total. The highest BCUT2D eigenvalue weighted by atomic mass is 16.5. The first-order chi connectivity index (χ1) is 21.1. The average Bonchev–Trinajstić information content (AvgIpc) is 3.61. The molecule has 8 nitrogen and oxygen atoms in total. The fourth-order valence-electron chi connectivity index (χ4n) is 8.08. The molecule has 8 heteroatoms. The quantitative estimate of drug-likeness (QED) is 0.416. The van der Waals surface area contributed by atoms with Crippen molar-refractivity contribution in [3.05, 3.63) is 77.4 Å². The third kappa shape index (κ3) is 5.58. The zero-order valence-corrected chi connectivity index (χ0v) is 26.6. The molecule has 3 amide bonds. The van der Waals surface area contributed by atoms with Crippen LogP contribution < -0.4 is 10.6 Å². The largest absolute Gasteiger partial charge is 0.359 e. The van der Waals surface area contributed by atoms with Crippen molar-refractivity contribution in [1.82, 2.24) is 15.1 Å². The first-order valence-corrected chi connectivity index (χ1v) is 16.2. The summed E-state index contributed by atoms with van der Waals surface area (Å²) in [6.07, 6.45) is 6.38. The van der Waals surface area contributed by atoms with E-state index in [1.165, 1.54) is 5.56 Å². The lowest BCUT2D eigenvalue weighted by Crippen LogP contribution is -2.58. The summed E-state index contributed by atoms with van der Waals surface area (Å²) in [5, 5.41) is 6.41. The molecule has 234 valence electrons. The lowest BCUT2D eigenvalue weighted by Gasteiger charge is -2.38. The van der Waals surface area contributed by atoms with Crippen molar-refractivity contribution in [2.75, 3.05) is 25.5 Å². The van der Waals surface area contributed by atoms with E-state index in [4.69, 9.17) is 4.74 Å². The topological polar surface area (TPSA) is 91.0 Å². The fraction of sp³-hybridized carbons (Fsp3) is 0.528. The van der Waals surface area contributed by atoms with E-state index in [9.17, 15) is 14.4 Å². The number of ether oxygens (including phenoxy) is 1. The van der Waals surface area contributed by atoms with Gasteiger partial charge in [0.15, 0.2) is 0 Å². The van der Waals surface area contributed by atoms with Crippen molar-refractivity contribution >= 4 is 23.4 Å². The number of carbonyl (C=O) groups excluding carboxylic acids is 3. The van der Waals surface area contributed by atoms with Gasteiger partial charge in [-0.2, -0.15) is 0 Å². The van der Waals surface area contributed by atoms with Gasteiger partial charge in [-0.1, -0.05) is 75.2 Å². The van der Waals surface area contributed by atoms with Gasteiger partial charge >= 0.3 is 0 Å². The minimum absolute atomic E-state index is 0.0469. The Labute approximate surface area is 261 Å². The van der Waals surface area contributed by atoms with Crippen LogP contribution in [0.5, 0.6) is 0 Å². The zero-order valence-electron chi connectivity index (χ0n) is 26.6. The van der Waals surface area contributed by atoms with E-state index in [2.05, 4.69) is 47.6 Å². The summed E-state index contributed by atoms with van der Waals surface area (Å²) in [6.45, 7) is 10.1. The maximum absolute atomic E-state index is 14.4. The van der Waals surface area contributed by atoms with Gasteiger partial charge in [-0.25, -0.2) is 0 Å². The van der Waals surface area contributed by atoms with E-state index in [1.807, 2.05) is 63.4 Å². The predicted octanol–water partition coefficient (Wildman–Crippen LogP) is 4.47. The lowest BCUT2D eigenvalue weighted by atomic mass is 9.73. The number of amides is 3. The van der Waals surface area contributed by atoms with Gasteiger partial charge in [0.1, 0.15) is 11.6 Å². The monoisotopic (exact) mass is 598 g/mol. The summed E-state index contributed by atoms with van der Waals surface area (Å²) >= 11 is 0. The molecule has 6 rings (SSSR count). The minimum atomic E-state index is -1.17. The van der Waals surface area contributed by atoms with E-state index < -0.39 is 29.6 Å². The van der Waals surface area contributed by atoms with Crippen LogP contribution in [-0.4, -0.2) is 71.4 Å². The molecule has 44 heavy (non-hydrogen) atoms. The number of aryl methyl sites for hydroxylation is 2. The zero-order chi connectivity index (χ0) is 31.2. The Balaban J connectivity index is 1.27. The number of nitrogens with one attached hydrogen (secondary N) is 2. The van der Waals surface area contributed by atoms with E-state index in [-0.39, 0.29) is 23.8 Å². The van der Waals surface area contributed by atoms with Gasteiger partial charge in [0.05, 0.1) is 17.9 Å². The molecular weight excluding hydrogens is 552 g/mol. The molecule has 3 fully saturated rings. The van der Waals surface area contributed by atoms with Crippen molar-refractivity contribution < 1.29 is 19.1 Å². The lowest BCUT2D eigenvalue weighted by molar-refractivity contribution is -0.141. The molecule has 3 heterocycles. The first-order valence-electron chi connectivity index (χ1n) is 16.2. The third-order valence-corrected chi connectivity index (χ3v) is 10.5. The van der Waals surface area contributed by atoms with Gasteiger partial charge < -0.3 is 25.2 Å². The molecule has 0 unspecified atom stereocenters. The van der Waals surface area contributed by atoms with Crippen LogP contribution in [0.1, 0.15) is 49.8 Å². The molecule has 2 aromatic carbocycles. The highest BCUT2D eigenvalue weighted by Crippen LogP contribution is 2.55. The number of anilines is 1. The van der Waals surface area contributed by atoms with Crippen molar-refractivity contribution in [1.29, 1.82) is 0 Å². The van der Waals surface area contributed by atoms with Crippen LogP contribution in [0.15, 0.2) is 60.7 Å². The average molecular weight is 599 g/mol. The van der Waals surface area contributed by atoms with Gasteiger partial charge in [-0.15, -0.1) is 0 Å². The second-order valence-electron chi connectivity index (χ2n) is 13.7. The Morgan fingerprint density at radius 1 is 1.05 bits per heavy atom. The SMILES string of the molecule is Cc1cc(C)cc(NC(=O)[C@@H]2[C@@H]3C=C[C@]4(O3)[C@@H]2C(=O)N(CCN(C)Cc2ccccc2)[C@H]4C(=O)N[C@@H]2CCC[C@@H](C)[C@@H]2C)c1. The summed E-state index contributed by atoms with van der Waals surface area (Å²) in [5.74, 6) is -1.23. The van der Waals surface area contributed by atoms with Crippen LogP contribution in [-0.2, 0) is 25.7 Å². The number of benzene rings is 2. The molecule has 3 aliphatic heterocycles. The van der Waals surface area contributed by atoms with E-state index in [1.54, 1.807) is 4.90 Å². The van der Waals surface area contributed by atoms with E-state index >= 15 is 0 Å². The van der Waals surface area contributed by atoms with Crippen LogP contribution in [0.25, 0.3) is 0 Å². The van der Waals surface area contributed by atoms with E-state index in [0.717, 1.165) is 36.9 Å². The second kappa shape index (κ2) is 12.1. The van der Waals surface area contributed by atoms with Crippen LogP contribution >= 0.6 is 0 Å². The predicted molar refractivity (Wildman–Crippen MR) is 171 cm³/mol. The molecule has 1 spiro atoms. The van der Waals surface area contributed by atoms with Gasteiger partial charge in [-0.3, -0.25) is 14.4 Å². The smallest absolute Gasteiger partial charge is 0.246 e. The molecule has 0 aromatic heterocycles. The highest BCUT2D eigenvalue weighted by molar-refractivity contribution is 6.02. The molecule has 8 atom stereocenters. The van der Waals surface area contributed by atoms with Crippen molar-refractivity contribution in [3.8, 4) is 0 Å². The van der Waals surface area contributed by atoms with Gasteiger partial charge in [0.25, 0.3) is 0 Å². The Hall–Kier alpha value is -3.49. The summed E-state index contributed by atoms with van der Waals surface area (Å²) in [7, 11) is 2.02. The number of likely N-dealkylation sites (N-methyl/N-ethyl adjacent to an activating group) is 1. The summed E-state index contributed by atoms with van der Waals surface area (Å²) in [4.78, 5) is 46.4. The Kier molecular flexibility index (Phi) is 8.42. The number of likely N-dealkylation sites (tertiary alicyclic amines) is 1. The van der Waals surface area contributed by atoms with Gasteiger partial charge in [0, 0.05) is 31.4 Å². The number of fused-ring (bicyclic) bond motifs is 1.